The van der Waals surface area contributed by atoms with Gasteiger partial charge >= 0.3 is 0 Å². The molecule has 0 radical (unpaired) electrons. The molecule has 0 amide bonds. The minimum atomic E-state index is -0.132. The average Bonchev–Trinajstić information content (AvgIpc) is 3.09. The smallest absolute Gasteiger partial charge is 0.122 e. The van der Waals surface area contributed by atoms with Gasteiger partial charge in [-0.25, -0.2) is 4.98 Å². The highest BCUT2D eigenvalue weighted by Crippen LogP contribution is 2.26. The second-order valence-electron chi connectivity index (χ2n) is 6.85. The molecule has 0 aliphatic heterocycles. The minimum Gasteiger partial charge on any atom is -0.497 e. The van der Waals surface area contributed by atoms with Crippen LogP contribution in [0.5, 0.6) is 5.75 Å². The van der Waals surface area contributed by atoms with Crippen molar-refractivity contribution < 1.29 is 9.84 Å². The fraction of sp³-hybridized carbons (Fsp3) is 0.550. The predicted octanol–water partition coefficient (Wildman–Crippen LogP) is 3.22. The van der Waals surface area contributed by atoms with Gasteiger partial charge in [-0.2, -0.15) is 0 Å². The average molecular weight is 343 g/mol. The molecule has 25 heavy (non-hydrogen) atoms. The second-order valence-corrected chi connectivity index (χ2v) is 6.85. The van der Waals surface area contributed by atoms with E-state index in [-0.39, 0.29) is 6.10 Å². The monoisotopic (exact) mass is 343 g/mol. The van der Waals surface area contributed by atoms with Gasteiger partial charge in [0, 0.05) is 31.5 Å². The lowest BCUT2D eigenvalue weighted by atomic mass is 9.91. The molecule has 0 saturated heterocycles. The molecule has 1 fully saturated rings. The van der Waals surface area contributed by atoms with Crippen molar-refractivity contribution in [1.29, 1.82) is 0 Å². The number of aryl methyl sites for hydroxylation is 1. The van der Waals surface area contributed by atoms with Gasteiger partial charge in [-0.3, -0.25) is 4.90 Å². The Balaban J connectivity index is 1.78. The summed E-state index contributed by atoms with van der Waals surface area (Å²) in [6, 6.07) is 8.77. The van der Waals surface area contributed by atoms with E-state index in [0.717, 1.165) is 56.9 Å². The van der Waals surface area contributed by atoms with E-state index in [2.05, 4.69) is 33.5 Å². The Morgan fingerprint density at radius 3 is 2.76 bits per heavy atom. The highest BCUT2D eigenvalue weighted by Gasteiger charge is 2.26. The van der Waals surface area contributed by atoms with Crippen LogP contribution in [0.15, 0.2) is 36.7 Å². The van der Waals surface area contributed by atoms with E-state index >= 15 is 0 Å². The molecule has 136 valence electrons. The molecule has 1 N–H and O–H groups in total. The van der Waals surface area contributed by atoms with Gasteiger partial charge in [-0.05, 0) is 50.3 Å². The SMILES string of the molecule is CCn1ccnc1CN(Cc1cccc(OC)c1)C1CCC(O)CC1. The molecule has 0 spiro atoms. The lowest BCUT2D eigenvalue weighted by molar-refractivity contribution is 0.0648. The van der Waals surface area contributed by atoms with Crippen LogP contribution in [0.1, 0.15) is 44.0 Å². The molecular formula is C20H29N3O2. The van der Waals surface area contributed by atoms with Gasteiger partial charge in [0.05, 0.1) is 19.8 Å². The number of ether oxygens (including phenoxy) is 1. The zero-order chi connectivity index (χ0) is 17.6. The highest BCUT2D eigenvalue weighted by atomic mass is 16.5. The van der Waals surface area contributed by atoms with Crippen LogP contribution in [0.2, 0.25) is 0 Å². The normalized spacial score (nSPS) is 20.8. The summed E-state index contributed by atoms with van der Waals surface area (Å²) in [5.74, 6) is 2.00. The molecule has 0 atom stereocenters. The van der Waals surface area contributed by atoms with Crippen molar-refractivity contribution in [2.75, 3.05) is 7.11 Å². The van der Waals surface area contributed by atoms with E-state index < -0.39 is 0 Å². The fourth-order valence-corrected chi connectivity index (χ4v) is 3.70. The van der Waals surface area contributed by atoms with Gasteiger partial charge in [-0.15, -0.1) is 0 Å². The third kappa shape index (κ3) is 4.61. The predicted molar refractivity (Wildman–Crippen MR) is 98.4 cm³/mol. The summed E-state index contributed by atoms with van der Waals surface area (Å²) in [5.41, 5.74) is 1.25. The van der Waals surface area contributed by atoms with Gasteiger partial charge in [0.25, 0.3) is 0 Å². The summed E-state index contributed by atoms with van der Waals surface area (Å²) in [7, 11) is 1.71. The van der Waals surface area contributed by atoms with Crippen LogP contribution in [-0.4, -0.2) is 38.8 Å². The summed E-state index contributed by atoms with van der Waals surface area (Å²) in [6.45, 7) is 4.79. The Hall–Kier alpha value is -1.85. The molecule has 5 heteroatoms. The Morgan fingerprint density at radius 1 is 1.24 bits per heavy atom. The van der Waals surface area contributed by atoms with E-state index in [1.54, 1.807) is 7.11 Å². The lowest BCUT2D eigenvalue weighted by Crippen LogP contribution is -2.38. The van der Waals surface area contributed by atoms with E-state index in [9.17, 15) is 5.11 Å². The molecule has 3 rings (SSSR count). The standard InChI is InChI=1S/C20H29N3O2/c1-3-22-12-11-21-20(22)15-23(17-7-9-18(24)10-8-17)14-16-5-4-6-19(13-16)25-2/h4-6,11-13,17-18,24H,3,7-10,14-15H2,1-2H3. The molecule has 1 aliphatic rings. The Labute approximate surface area is 150 Å². The van der Waals surface area contributed by atoms with Crippen LogP contribution < -0.4 is 4.74 Å². The van der Waals surface area contributed by atoms with Gasteiger partial charge < -0.3 is 14.4 Å². The van der Waals surface area contributed by atoms with Crippen molar-refractivity contribution in [2.45, 2.75) is 64.4 Å². The van der Waals surface area contributed by atoms with Crippen LogP contribution in [0, 0.1) is 0 Å². The molecule has 5 nitrogen and oxygen atoms in total. The Morgan fingerprint density at radius 2 is 2.04 bits per heavy atom. The number of rotatable bonds is 7. The summed E-state index contributed by atoms with van der Waals surface area (Å²) in [5, 5.41) is 9.85. The maximum Gasteiger partial charge on any atom is 0.122 e. The van der Waals surface area contributed by atoms with Gasteiger partial charge in [0.15, 0.2) is 0 Å². The number of hydrogen-bond donors (Lipinski definition) is 1. The van der Waals surface area contributed by atoms with Crippen LogP contribution in [0.4, 0.5) is 0 Å². The number of aromatic nitrogens is 2. The van der Waals surface area contributed by atoms with E-state index in [4.69, 9.17) is 4.74 Å². The second kappa shape index (κ2) is 8.50. The van der Waals surface area contributed by atoms with Crippen LogP contribution >= 0.6 is 0 Å². The van der Waals surface area contributed by atoms with Crippen LogP contribution in [-0.2, 0) is 19.6 Å². The van der Waals surface area contributed by atoms with E-state index in [1.807, 2.05) is 24.5 Å². The first-order valence-electron chi connectivity index (χ1n) is 9.24. The summed E-state index contributed by atoms with van der Waals surface area (Å²) in [6.07, 6.45) is 7.66. The van der Waals surface area contributed by atoms with Crippen molar-refractivity contribution in [2.24, 2.45) is 0 Å². The first-order valence-corrected chi connectivity index (χ1v) is 9.24. The van der Waals surface area contributed by atoms with Gasteiger partial charge in [0.1, 0.15) is 11.6 Å². The maximum atomic E-state index is 9.85. The van der Waals surface area contributed by atoms with Crippen LogP contribution in [0.25, 0.3) is 0 Å². The van der Waals surface area contributed by atoms with Crippen molar-refractivity contribution in [3.8, 4) is 5.75 Å². The summed E-state index contributed by atoms with van der Waals surface area (Å²) < 4.78 is 7.57. The zero-order valence-electron chi connectivity index (χ0n) is 15.3. The number of aliphatic hydroxyl groups excluding tert-OH is 1. The molecule has 1 heterocycles. The van der Waals surface area contributed by atoms with Crippen LogP contribution in [0.3, 0.4) is 0 Å². The molecule has 2 aromatic rings. The van der Waals surface area contributed by atoms with Crippen molar-refractivity contribution in [3.63, 3.8) is 0 Å². The first kappa shape index (κ1) is 18.0. The molecule has 1 aromatic carbocycles. The topological polar surface area (TPSA) is 50.5 Å². The number of imidazole rings is 1. The number of benzene rings is 1. The van der Waals surface area contributed by atoms with Crippen molar-refractivity contribution in [3.05, 3.63) is 48.0 Å². The Kier molecular flexibility index (Phi) is 6.10. The third-order valence-electron chi connectivity index (χ3n) is 5.19. The molecule has 1 aromatic heterocycles. The van der Waals surface area contributed by atoms with Gasteiger partial charge in [0.2, 0.25) is 0 Å². The fourth-order valence-electron chi connectivity index (χ4n) is 3.70. The largest absolute Gasteiger partial charge is 0.497 e. The van der Waals surface area contributed by atoms with E-state index in [0.29, 0.717) is 6.04 Å². The molecular weight excluding hydrogens is 314 g/mol. The quantitative estimate of drug-likeness (QED) is 0.839. The minimum absolute atomic E-state index is 0.132. The number of nitrogens with zero attached hydrogens (tertiary/aromatic N) is 3. The zero-order valence-corrected chi connectivity index (χ0v) is 15.3. The molecule has 1 aliphatic carbocycles. The molecule has 0 unspecified atom stereocenters. The first-order chi connectivity index (χ1) is 12.2. The van der Waals surface area contributed by atoms with Crippen molar-refractivity contribution in [1.82, 2.24) is 14.5 Å². The summed E-state index contributed by atoms with van der Waals surface area (Å²) in [4.78, 5) is 7.07. The van der Waals surface area contributed by atoms with E-state index in [1.165, 1.54) is 5.56 Å². The van der Waals surface area contributed by atoms with Crippen molar-refractivity contribution >= 4 is 0 Å². The number of methoxy groups -OCH3 is 1. The molecule has 0 bridgehead atoms. The lowest BCUT2D eigenvalue weighted by Gasteiger charge is -2.35. The summed E-state index contributed by atoms with van der Waals surface area (Å²) >= 11 is 0. The van der Waals surface area contributed by atoms with Gasteiger partial charge in [-0.1, -0.05) is 12.1 Å². The number of hydrogen-bond acceptors (Lipinski definition) is 4. The molecule has 1 saturated carbocycles. The maximum absolute atomic E-state index is 9.85. The number of aliphatic hydroxyl groups is 1. The Bertz CT molecular complexity index is 662. The third-order valence-corrected chi connectivity index (χ3v) is 5.19. The highest BCUT2D eigenvalue weighted by molar-refractivity contribution is 5.28.